The van der Waals surface area contributed by atoms with Crippen LogP contribution in [0.15, 0.2) is 41.2 Å². The Bertz CT molecular complexity index is 624. The number of ether oxygens (including phenoxy) is 1. The smallest absolute Gasteiger partial charge is 0.414 e. The molecule has 0 N–H and O–H groups in total. The van der Waals surface area contributed by atoms with Crippen molar-refractivity contribution in [3.63, 3.8) is 0 Å². The lowest BCUT2D eigenvalue weighted by Crippen LogP contribution is -2.24. The summed E-state index contributed by atoms with van der Waals surface area (Å²) in [6.45, 7) is 2.41. The van der Waals surface area contributed by atoms with E-state index in [9.17, 15) is 9.18 Å². The molecule has 0 bridgehead atoms. The van der Waals surface area contributed by atoms with Crippen LogP contribution >= 0.6 is 0 Å². The third-order valence-corrected chi connectivity index (χ3v) is 3.43. The van der Waals surface area contributed by atoms with E-state index in [1.54, 1.807) is 18.2 Å². The molecule has 2 aromatic rings. The topological polar surface area (TPSA) is 42.7 Å². The summed E-state index contributed by atoms with van der Waals surface area (Å²) in [4.78, 5) is 13.2. The number of cyclic esters (lactones) is 1. The van der Waals surface area contributed by atoms with Gasteiger partial charge in [0.25, 0.3) is 0 Å². The number of benzene rings is 1. The van der Waals surface area contributed by atoms with Gasteiger partial charge >= 0.3 is 6.09 Å². The molecule has 1 aromatic carbocycles. The van der Waals surface area contributed by atoms with Crippen LogP contribution < -0.4 is 4.90 Å². The Balaban J connectivity index is 1.89. The number of furan rings is 1. The van der Waals surface area contributed by atoms with Gasteiger partial charge in [0.1, 0.15) is 11.9 Å². The van der Waals surface area contributed by atoms with Gasteiger partial charge in [-0.15, -0.1) is 0 Å². The van der Waals surface area contributed by atoms with Crippen molar-refractivity contribution in [2.24, 2.45) is 0 Å². The fourth-order valence-electron chi connectivity index (χ4n) is 2.27. The quantitative estimate of drug-likeness (QED) is 0.855. The Kier molecular flexibility index (Phi) is 3.18. The maximum absolute atomic E-state index is 14.2. The number of hydrogen-bond donors (Lipinski definition) is 0. The molecule has 1 saturated heterocycles. The highest BCUT2D eigenvalue weighted by molar-refractivity contribution is 5.90. The minimum absolute atomic E-state index is 0.126. The number of nitrogens with zero attached hydrogens (tertiary/aromatic N) is 1. The zero-order valence-corrected chi connectivity index (χ0v) is 11.0. The van der Waals surface area contributed by atoms with Crippen molar-refractivity contribution in [2.75, 3.05) is 11.4 Å². The van der Waals surface area contributed by atoms with Gasteiger partial charge in [0, 0.05) is 11.1 Å². The molecule has 1 atom stereocenters. The van der Waals surface area contributed by atoms with Gasteiger partial charge in [-0.05, 0) is 30.7 Å². The summed E-state index contributed by atoms with van der Waals surface area (Å²) in [5.74, 6) is -0.392. The molecule has 1 aromatic heterocycles. The Morgan fingerprint density at radius 2 is 2.25 bits per heavy atom. The zero-order chi connectivity index (χ0) is 14.1. The van der Waals surface area contributed by atoms with Crippen LogP contribution in [0.5, 0.6) is 0 Å². The van der Waals surface area contributed by atoms with Crippen molar-refractivity contribution in [1.82, 2.24) is 0 Å². The Labute approximate surface area is 115 Å². The summed E-state index contributed by atoms with van der Waals surface area (Å²) < 4.78 is 24.3. The van der Waals surface area contributed by atoms with Crippen LogP contribution in [0.2, 0.25) is 0 Å². The van der Waals surface area contributed by atoms with Gasteiger partial charge < -0.3 is 9.15 Å². The molecule has 0 radical (unpaired) electrons. The van der Waals surface area contributed by atoms with Crippen molar-refractivity contribution < 1.29 is 18.3 Å². The van der Waals surface area contributed by atoms with Crippen LogP contribution in [0.4, 0.5) is 14.9 Å². The van der Waals surface area contributed by atoms with Gasteiger partial charge in [-0.1, -0.05) is 6.92 Å². The molecule has 2 heterocycles. The zero-order valence-electron chi connectivity index (χ0n) is 11.0. The number of halogens is 1. The van der Waals surface area contributed by atoms with Crippen molar-refractivity contribution in [2.45, 2.75) is 19.4 Å². The first-order valence-electron chi connectivity index (χ1n) is 6.49. The third-order valence-electron chi connectivity index (χ3n) is 3.43. The second-order valence-electron chi connectivity index (χ2n) is 4.70. The summed E-state index contributed by atoms with van der Waals surface area (Å²) in [7, 11) is 0. The molecule has 0 spiro atoms. The molecule has 4 nitrogen and oxygen atoms in total. The number of hydrogen-bond acceptors (Lipinski definition) is 3. The second kappa shape index (κ2) is 5.00. The van der Waals surface area contributed by atoms with E-state index < -0.39 is 11.9 Å². The van der Waals surface area contributed by atoms with Crippen molar-refractivity contribution in [1.29, 1.82) is 0 Å². The van der Waals surface area contributed by atoms with Crippen LogP contribution in [-0.2, 0) is 4.74 Å². The third kappa shape index (κ3) is 2.15. The number of anilines is 1. The maximum atomic E-state index is 14.2. The fraction of sp³-hybridized carbons (Fsp3) is 0.267. The molecule has 104 valence electrons. The van der Waals surface area contributed by atoms with E-state index in [2.05, 4.69) is 0 Å². The van der Waals surface area contributed by atoms with Crippen LogP contribution in [0, 0.1) is 5.82 Å². The largest absolute Gasteiger partial charge is 0.472 e. The SMILES string of the molecule is CCC1CN(c2ccc(-c3ccoc3)c(F)c2)C(=O)O1. The van der Waals surface area contributed by atoms with Gasteiger partial charge in [-0.3, -0.25) is 4.90 Å². The average molecular weight is 275 g/mol. The minimum Gasteiger partial charge on any atom is -0.472 e. The molecule has 1 amide bonds. The molecule has 1 aliphatic heterocycles. The van der Waals surface area contributed by atoms with E-state index in [1.807, 2.05) is 6.92 Å². The van der Waals surface area contributed by atoms with E-state index in [0.29, 0.717) is 23.4 Å². The number of rotatable bonds is 3. The van der Waals surface area contributed by atoms with E-state index in [-0.39, 0.29) is 6.10 Å². The van der Waals surface area contributed by atoms with Gasteiger partial charge in [0.2, 0.25) is 0 Å². The minimum atomic E-state index is -0.424. The van der Waals surface area contributed by atoms with E-state index >= 15 is 0 Å². The van der Waals surface area contributed by atoms with Gasteiger partial charge in [-0.2, -0.15) is 0 Å². The number of amides is 1. The summed E-state index contributed by atoms with van der Waals surface area (Å²) in [5, 5.41) is 0. The second-order valence-corrected chi connectivity index (χ2v) is 4.70. The molecular weight excluding hydrogens is 261 g/mol. The van der Waals surface area contributed by atoms with Gasteiger partial charge in [-0.25, -0.2) is 9.18 Å². The summed E-state index contributed by atoms with van der Waals surface area (Å²) in [6.07, 6.45) is 3.17. The van der Waals surface area contributed by atoms with Crippen LogP contribution in [0.3, 0.4) is 0 Å². The summed E-state index contributed by atoms with van der Waals surface area (Å²) >= 11 is 0. The molecular formula is C15H14FNO3. The monoisotopic (exact) mass is 275 g/mol. The first-order valence-corrected chi connectivity index (χ1v) is 6.49. The highest BCUT2D eigenvalue weighted by Gasteiger charge is 2.31. The normalized spacial score (nSPS) is 18.4. The van der Waals surface area contributed by atoms with Gasteiger partial charge in [0.15, 0.2) is 0 Å². The van der Waals surface area contributed by atoms with Crippen LogP contribution in [0.1, 0.15) is 13.3 Å². The van der Waals surface area contributed by atoms with Crippen molar-refractivity contribution in [3.05, 3.63) is 42.6 Å². The summed E-state index contributed by atoms with van der Waals surface area (Å²) in [6, 6.07) is 6.39. The standard InChI is InChI=1S/C15H14FNO3/c1-2-12-8-17(15(18)20-12)11-3-4-13(14(16)7-11)10-5-6-19-9-10/h3-7,9,12H,2,8H2,1H3. The molecule has 3 rings (SSSR count). The lowest BCUT2D eigenvalue weighted by Gasteiger charge is -2.13. The Hall–Kier alpha value is -2.30. The van der Waals surface area contributed by atoms with Crippen molar-refractivity contribution in [3.8, 4) is 11.1 Å². The lowest BCUT2D eigenvalue weighted by molar-refractivity contribution is 0.139. The molecule has 1 fully saturated rings. The van der Waals surface area contributed by atoms with E-state index in [0.717, 1.165) is 6.42 Å². The van der Waals surface area contributed by atoms with Crippen LogP contribution in [0.25, 0.3) is 11.1 Å². The van der Waals surface area contributed by atoms with E-state index in [4.69, 9.17) is 9.15 Å². The van der Waals surface area contributed by atoms with Gasteiger partial charge in [0.05, 0.1) is 24.8 Å². The molecule has 5 heteroatoms. The Morgan fingerprint density at radius 3 is 2.85 bits per heavy atom. The Morgan fingerprint density at radius 1 is 1.40 bits per heavy atom. The molecule has 0 aliphatic carbocycles. The fourth-order valence-corrected chi connectivity index (χ4v) is 2.27. The average Bonchev–Trinajstić information content (AvgIpc) is 3.07. The highest BCUT2D eigenvalue weighted by atomic mass is 19.1. The lowest BCUT2D eigenvalue weighted by atomic mass is 10.1. The first-order chi connectivity index (χ1) is 9.69. The van der Waals surface area contributed by atoms with Crippen LogP contribution in [-0.4, -0.2) is 18.7 Å². The molecule has 1 aliphatic rings. The van der Waals surface area contributed by atoms with Crippen molar-refractivity contribution >= 4 is 11.8 Å². The summed E-state index contributed by atoms with van der Waals surface area (Å²) in [5.41, 5.74) is 1.63. The highest BCUT2D eigenvalue weighted by Crippen LogP contribution is 2.29. The molecule has 1 unspecified atom stereocenters. The number of carbonyl (C=O) groups is 1. The number of carbonyl (C=O) groups excluding carboxylic acids is 1. The predicted octanol–water partition coefficient (Wildman–Crippen LogP) is 3.82. The maximum Gasteiger partial charge on any atom is 0.414 e. The predicted molar refractivity (Wildman–Crippen MR) is 72.0 cm³/mol. The molecule has 20 heavy (non-hydrogen) atoms. The first kappa shape index (κ1) is 12.7. The molecule has 0 saturated carbocycles. The van der Waals surface area contributed by atoms with E-state index in [1.165, 1.54) is 23.5 Å².